The lowest BCUT2D eigenvalue weighted by atomic mass is 10.0. The molecule has 0 aliphatic rings. The third-order valence-electron chi connectivity index (χ3n) is 2.48. The van der Waals surface area contributed by atoms with Crippen LogP contribution in [-0.2, 0) is 9.47 Å². The Morgan fingerprint density at radius 3 is 2.35 bits per heavy atom. The van der Waals surface area contributed by atoms with E-state index in [1.165, 1.54) is 25.7 Å². The maximum Gasteiger partial charge on any atom is 0.508 e. The van der Waals surface area contributed by atoms with Crippen molar-refractivity contribution in [2.75, 3.05) is 13.2 Å². The van der Waals surface area contributed by atoms with Gasteiger partial charge in [-0.05, 0) is 19.3 Å². The zero-order chi connectivity index (χ0) is 13.1. The van der Waals surface area contributed by atoms with Crippen molar-refractivity contribution in [1.82, 2.24) is 0 Å². The normalized spacial score (nSPS) is 14.1. The number of carbonyl (C=O) groups excluding carboxylic acids is 1. The minimum atomic E-state index is -0.689. The summed E-state index contributed by atoms with van der Waals surface area (Å²) in [4.78, 5) is 11.1. The first-order valence-corrected chi connectivity index (χ1v) is 6.53. The highest BCUT2D eigenvalue weighted by molar-refractivity contribution is 5.59. The van der Waals surface area contributed by atoms with Crippen LogP contribution < -0.4 is 0 Å². The molecule has 0 amide bonds. The standard InChI is InChI=1S/C13H26O4/c1-4-5-6-7-8-11(2)9-16-13(15)17-10-12(3)14/h11-12,14H,4-10H2,1-3H3. The third-order valence-corrected chi connectivity index (χ3v) is 2.48. The van der Waals surface area contributed by atoms with Gasteiger partial charge in [0.15, 0.2) is 0 Å². The number of hydrogen-bond donors (Lipinski definition) is 1. The molecule has 0 aromatic carbocycles. The van der Waals surface area contributed by atoms with E-state index in [2.05, 4.69) is 18.6 Å². The van der Waals surface area contributed by atoms with Gasteiger partial charge in [0.25, 0.3) is 0 Å². The molecule has 1 N–H and O–H groups in total. The Bertz CT molecular complexity index is 192. The van der Waals surface area contributed by atoms with Crippen LogP contribution >= 0.6 is 0 Å². The first-order chi connectivity index (χ1) is 8.06. The zero-order valence-electron chi connectivity index (χ0n) is 11.3. The van der Waals surface area contributed by atoms with Crippen molar-refractivity contribution in [3.8, 4) is 0 Å². The van der Waals surface area contributed by atoms with Crippen molar-refractivity contribution in [1.29, 1.82) is 0 Å². The van der Waals surface area contributed by atoms with E-state index in [1.807, 2.05) is 0 Å². The fourth-order valence-electron chi connectivity index (χ4n) is 1.44. The Morgan fingerprint density at radius 1 is 1.12 bits per heavy atom. The van der Waals surface area contributed by atoms with Crippen LogP contribution in [0.15, 0.2) is 0 Å². The molecule has 0 aromatic heterocycles. The summed E-state index contributed by atoms with van der Waals surface area (Å²) in [6.07, 6.45) is 4.67. The van der Waals surface area contributed by atoms with Crippen molar-refractivity contribution in [3.63, 3.8) is 0 Å². The molecule has 0 rings (SSSR count). The number of aliphatic hydroxyl groups is 1. The van der Waals surface area contributed by atoms with Gasteiger partial charge in [-0.3, -0.25) is 0 Å². The summed E-state index contributed by atoms with van der Waals surface area (Å²) in [6.45, 7) is 6.19. The predicted octanol–water partition coefficient (Wildman–Crippen LogP) is 3.13. The van der Waals surface area contributed by atoms with Crippen LogP contribution in [0.5, 0.6) is 0 Å². The Morgan fingerprint density at radius 2 is 1.76 bits per heavy atom. The predicted molar refractivity (Wildman–Crippen MR) is 66.9 cm³/mol. The van der Waals surface area contributed by atoms with Gasteiger partial charge in [0.1, 0.15) is 6.61 Å². The second-order valence-electron chi connectivity index (χ2n) is 4.68. The molecule has 0 spiro atoms. The van der Waals surface area contributed by atoms with Gasteiger partial charge in [0, 0.05) is 0 Å². The molecule has 4 heteroatoms. The van der Waals surface area contributed by atoms with E-state index in [4.69, 9.17) is 9.84 Å². The van der Waals surface area contributed by atoms with Crippen LogP contribution in [0.4, 0.5) is 4.79 Å². The Labute approximate surface area is 104 Å². The van der Waals surface area contributed by atoms with Crippen LogP contribution in [0.3, 0.4) is 0 Å². The Balaban J connectivity index is 3.42. The van der Waals surface area contributed by atoms with E-state index >= 15 is 0 Å². The lowest BCUT2D eigenvalue weighted by Gasteiger charge is -2.12. The number of aliphatic hydroxyl groups excluding tert-OH is 1. The molecule has 0 aromatic rings. The van der Waals surface area contributed by atoms with Gasteiger partial charge in [-0.1, -0.05) is 39.5 Å². The highest BCUT2D eigenvalue weighted by Gasteiger charge is 2.09. The fraction of sp³-hybridized carbons (Fsp3) is 0.923. The summed E-state index contributed by atoms with van der Waals surface area (Å²) in [5.41, 5.74) is 0. The minimum absolute atomic E-state index is 0.0102. The molecule has 0 bridgehead atoms. The van der Waals surface area contributed by atoms with Gasteiger partial charge in [-0.15, -0.1) is 0 Å². The molecule has 0 aliphatic heterocycles. The first kappa shape index (κ1) is 16.2. The molecule has 0 saturated carbocycles. The summed E-state index contributed by atoms with van der Waals surface area (Å²) in [6, 6.07) is 0. The molecule has 4 nitrogen and oxygen atoms in total. The Hall–Kier alpha value is -0.770. The molecular formula is C13H26O4. The van der Waals surface area contributed by atoms with Crippen molar-refractivity contribution < 1.29 is 19.4 Å². The van der Waals surface area contributed by atoms with Crippen molar-refractivity contribution in [2.24, 2.45) is 5.92 Å². The van der Waals surface area contributed by atoms with Crippen LogP contribution in [0.2, 0.25) is 0 Å². The van der Waals surface area contributed by atoms with E-state index in [-0.39, 0.29) is 6.61 Å². The monoisotopic (exact) mass is 246 g/mol. The average Bonchev–Trinajstić information content (AvgIpc) is 2.29. The number of rotatable bonds is 9. The Kier molecular flexibility index (Phi) is 9.92. The largest absolute Gasteiger partial charge is 0.508 e. The second-order valence-corrected chi connectivity index (χ2v) is 4.68. The molecule has 2 atom stereocenters. The number of hydrogen-bond acceptors (Lipinski definition) is 4. The topological polar surface area (TPSA) is 55.8 Å². The van der Waals surface area contributed by atoms with Gasteiger partial charge < -0.3 is 14.6 Å². The molecule has 0 aliphatic carbocycles. The third kappa shape index (κ3) is 11.5. The zero-order valence-corrected chi connectivity index (χ0v) is 11.3. The van der Waals surface area contributed by atoms with Crippen molar-refractivity contribution >= 4 is 6.16 Å². The summed E-state index contributed by atoms with van der Waals surface area (Å²) in [5, 5.41) is 8.91. The van der Waals surface area contributed by atoms with Crippen LogP contribution in [-0.4, -0.2) is 30.6 Å². The summed E-state index contributed by atoms with van der Waals surface area (Å²) >= 11 is 0. The van der Waals surface area contributed by atoms with Crippen LogP contribution in [0.1, 0.15) is 52.9 Å². The van der Waals surface area contributed by atoms with Crippen LogP contribution in [0, 0.1) is 5.92 Å². The van der Waals surface area contributed by atoms with Gasteiger partial charge >= 0.3 is 6.16 Å². The van der Waals surface area contributed by atoms with E-state index in [9.17, 15) is 4.79 Å². The molecule has 0 radical (unpaired) electrons. The maximum atomic E-state index is 11.1. The molecule has 0 fully saturated rings. The maximum absolute atomic E-state index is 11.1. The van der Waals surface area contributed by atoms with E-state index in [0.29, 0.717) is 12.5 Å². The van der Waals surface area contributed by atoms with E-state index < -0.39 is 12.3 Å². The first-order valence-electron chi connectivity index (χ1n) is 6.53. The molecule has 2 unspecified atom stereocenters. The highest BCUT2D eigenvalue weighted by atomic mass is 16.7. The lowest BCUT2D eigenvalue weighted by molar-refractivity contribution is 0.0173. The average molecular weight is 246 g/mol. The number of unbranched alkanes of at least 4 members (excludes halogenated alkanes) is 3. The number of carbonyl (C=O) groups is 1. The summed E-state index contributed by atoms with van der Waals surface area (Å²) in [5.74, 6) is 0.367. The van der Waals surface area contributed by atoms with Crippen molar-refractivity contribution in [2.45, 2.75) is 59.0 Å². The number of ether oxygens (including phenoxy) is 2. The minimum Gasteiger partial charge on any atom is -0.434 e. The van der Waals surface area contributed by atoms with Gasteiger partial charge in [-0.2, -0.15) is 0 Å². The quantitative estimate of drug-likeness (QED) is 0.501. The summed E-state index contributed by atoms with van der Waals surface area (Å²) in [7, 11) is 0. The van der Waals surface area contributed by atoms with Crippen molar-refractivity contribution in [3.05, 3.63) is 0 Å². The van der Waals surface area contributed by atoms with E-state index in [0.717, 1.165) is 6.42 Å². The molecular weight excluding hydrogens is 220 g/mol. The smallest absolute Gasteiger partial charge is 0.434 e. The van der Waals surface area contributed by atoms with Crippen LogP contribution in [0.25, 0.3) is 0 Å². The van der Waals surface area contributed by atoms with Gasteiger partial charge in [0.2, 0.25) is 0 Å². The van der Waals surface area contributed by atoms with Gasteiger partial charge in [-0.25, -0.2) is 4.79 Å². The second kappa shape index (κ2) is 10.4. The SMILES string of the molecule is CCCCCCC(C)COC(=O)OCC(C)O. The van der Waals surface area contributed by atoms with Gasteiger partial charge in [0.05, 0.1) is 12.7 Å². The van der Waals surface area contributed by atoms with E-state index in [1.54, 1.807) is 6.92 Å². The lowest BCUT2D eigenvalue weighted by Crippen LogP contribution is -2.18. The summed E-state index contributed by atoms with van der Waals surface area (Å²) < 4.78 is 9.62. The fourth-order valence-corrected chi connectivity index (χ4v) is 1.44. The highest BCUT2D eigenvalue weighted by Crippen LogP contribution is 2.11. The molecule has 102 valence electrons. The molecule has 0 heterocycles. The molecule has 0 saturated heterocycles. The molecule has 17 heavy (non-hydrogen) atoms.